The Morgan fingerprint density at radius 1 is 1.19 bits per heavy atom. The number of aromatic nitrogens is 1. The summed E-state index contributed by atoms with van der Waals surface area (Å²) in [5.41, 5.74) is 4.47. The molecule has 1 aromatic heterocycles. The number of aryl methyl sites for hydroxylation is 3. The number of hydrogen-bond donors (Lipinski definition) is 0. The van der Waals surface area contributed by atoms with Gasteiger partial charge < -0.3 is 9.47 Å². The van der Waals surface area contributed by atoms with E-state index in [1.54, 1.807) is 16.2 Å². The molecule has 6 nitrogen and oxygen atoms in total. The predicted molar refractivity (Wildman–Crippen MR) is 130 cm³/mol. The minimum atomic E-state index is -0.0677. The normalized spacial score (nSPS) is 14.6. The molecule has 0 bridgehead atoms. The molecule has 0 N–H and O–H groups in total. The zero-order chi connectivity index (χ0) is 22.5. The maximum Gasteiger partial charge on any atom is 0.266 e. The molecule has 0 aliphatic carbocycles. The minimum absolute atomic E-state index is 0.00502. The first-order chi connectivity index (χ1) is 15.5. The van der Waals surface area contributed by atoms with Gasteiger partial charge in [0.1, 0.15) is 5.75 Å². The van der Waals surface area contributed by atoms with Crippen LogP contribution in [-0.2, 0) is 9.53 Å². The highest BCUT2D eigenvalue weighted by atomic mass is 32.1. The fourth-order valence-electron chi connectivity index (χ4n) is 3.86. The summed E-state index contributed by atoms with van der Waals surface area (Å²) in [5.74, 6) is 0.643. The Bertz CT molecular complexity index is 1080. The molecule has 2 heterocycles. The van der Waals surface area contributed by atoms with Gasteiger partial charge in [-0.2, -0.15) is 0 Å². The van der Waals surface area contributed by atoms with Crippen molar-refractivity contribution in [2.24, 2.45) is 0 Å². The molecule has 0 radical (unpaired) electrons. The lowest BCUT2D eigenvalue weighted by Gasteiger charge is -2.27. The van der Waals surface area contributed by atoms with Gasteiger partial charge in [0, 0.05) is 26.2 Å². The van der Waals surface area contributed by atoms with Gasteiger partial charge in [0.2, 0.25) is 0 Å². The molecule has 1 fully saturated rings. The first-order valence-electron chi connectivity index (χ1n) is 11.2. The Kier molecular flexibility index (Phi) is 7.40. The molecule has 170 valence electrons. The highest BCUT2D eigenvalue weighted by Gasteiger charge is 2.22. The fraction of sp³-hybridized carbons (Fsp3) is 0.440. The number of fused-ring (bicyclic) bond motifs is 1. The average Bonchev–Trinajstić information content (AvgIpc) is 3.23. The van der Waals surface area contributed by atoms with Crippen LogP contribution in [0, 0.1) is 20.8 Å². The van der Waals surface area contributed by atoms with Crippen LogP contribution in [0.3, 0.4) is 0 Å². The summed E-state index contributed by atoms with van der Waals surface area (Å²) in [4.78, 5) is 22.3. The number of hydrogen-bond acceptors (Lipinski definition) is 6. The lowest BCUT2D eigenvalue weighted by atomic mass is 10.1. The highest BCUT2D eigenvalue weighted by Crippen LogP contribution is 2.32. The zero-order valence-electron chi connectivity index (χ0n) is 19.1. The molecular weight excluding hydrogens is 422 g/mol. The van der Waals surface area contributed by atoms with E-state index in [2.05, 4.69) is 30.9 Å². The van der Waals surface area contributed by atoms with Crippen molar-refractivity contribution in [1.29, 1.82) is 0 Å². The zero-order valence-corrected chi connectivity index (χ0v) is 19.9. The molecule has 1 amide bonds. The number of thiazole rings is 1. The van der Waals surface area contributed by atoms with Gasteiger partial charge in [-0.15, -0.1) is 0 Å². The van der Waals surface area contributed by atoms with Crippen LogP contribution in [0.4, 0.5) is 5.13 Å². The third kappa shape index (κ3) is 5.46. The van der Waals surface area contributed by atoms with Crippen molar-refractivity contribution in [3.05, 3.63) is 53.1 Å². The number of benzene rings is 2. The van der Waals surface area contributed by atoms with E-state index in [9.17, 15) is 4.79 Å². The number of anilines is 1. The maximum atomic E-state index is 13.2. The van der Waals surface area contributed by atoms with E-state index in [4.69, 9.17) is 14.5 Å². The lowest BCUT2D eigenvalue weighted by Crippen LogP contribution is -2.40. The van der Waals surface area contributed by atoms with Gasteiger partial charge in [0.25, 0.3) is 5.91 Å². The molecule has 1 saturated heterocycles. The fourth-order valence-corrected chi connectivity index (χ4v) is 4.93. The molecule has 0 saturated carbocycles. The van der Waals surface area contributed by atoms with Crippen LogP contribution in [0.1, 0.15) is 23.1 Å². The van der Waals surface area contributed by atoms with E-state index in [1.165, 1.54) is 11.1 Å². The molecule has 32 heavy (non-hydrogen) atoms. The number of morpholine rings is 1. The molecule has 7 heteroatoms. The third-order valence-electron chi connectivity index (χ3n) is 5.92. The van der Waals surface area contributed by atoms with Gasteiger partial charge in [-0.1, -0.05) is 29.5 Å². The van der Waals surface area contributed by atoms with Gasteiger partial charge in [0.15, 0.2) is 11.7 Å². The Balaban J connectivity index is 1.50. The number of carbonyl (C=O) groups excluding carboxylic acids is 1. The second-order valence-corrected chi connectivity index (χ2v) is 9.32. The Morgan fingerprint density at radius 2 is 2.00 bits per heavy atom. The summed E-state index contributed by atoms with van der Waals surface area (Å²) in [6.45, 7) is 11.2. The Morgan fingerprint density at radius 3 is 2.78 bits per heavy atom. The summed E-state index contributed by atoms with van der Waals surface area (Å²) in [6.07, 6.45) is 0.879. The van der Waals surface area contributed by atoms with Crippen LogP contribution in [0.5, 0.6) is 5.75 Å². The molecular formula is C25H31N3O3S. The van der Waals surface area contributed by atoms with Gasteiger partial charge in [-0.05, 0) is 62.1 Å². The van der Waals surface area contributed by atoms with E-state index in [0.717, 1.165) is 60.2 Å². The van der Waals surface area contributed by atoms with E-state index >= 15 is 0 Å². The van der Waals surface area contributed by atoms with E-state index in [1.807, 2.05) is 31.2 Å². The molecule has 0 atom stereocenters. The van der Waals surface area contributed by atoms with Gasteiger partial charge >= 0.3 is 0 Å². The topological polar surface area (TPSA) is 54.9 Å². The van der Waals surface area contributed by atoms with E-state index in [0.29, 0.717) is 12.3 Å². The molecule has 4 rings (SSSR count). The monoisotopic (exact) mass is 453 g/mol. The number of ether oxygens (including phenoxy) is 2. The standard InChI is InChI=1S/C25H31N3O3S/c1-18-6-4-7-21(16-18)31-17-23(29)28(11-5-10-27-12-14-30-15-13-27)25-26-24-20(3)19(2)8-9-22(24)32-25/h4,6-9,16H,5,10-15,17H2,1-3H3. The van der Waals surface area contributed by atoms with E-state index < -0.39 is 0 Å². The van der Waals surface area contributed by atoms with Crippen LogP contribution < -0.4 is 9.64 Å². The van der Waals surface area contributed by atoms with Gasteiger partial charge in [-0.3, -0.25) is 14.6 Å². The van der Waals surface area contributed by atoms with Gasteiger partial charge in [0.05, 0.1) is 23.4 Å². The lowest BCUT2D eigenvalue weighted by molar-refractivity contribution is -0.120. The summed E-state index contributed by atoms with van der Waals surface area (Å²) in [7, 11) is 0. The molecule has 0 unspecified atom stereocenters. The van der Waals surface area contributed by atoms with Crippen LogP contribution in [0.15, 0.2) is 36.4 Å². The van der Waals surface area contributed by atoms with Crippen molar-refractivity contribution in [2.45, 2.75) is 27.2 Å². The van der Waals surface area contributed by atoms with Crippen molar-refractivity contribution in [3.8, 4) is 5.75 Å². The maximum absolute atomic E-state index is 13.2. The van der Waals surface area contributed by atoms with Crippen LogP contribution in [-0.4, -0.2) is 61.8 Å². The summed E-state index contributed by atoms with van der Waals surface area (Å²) >= 11 is 1.57. The molecule has 1 aliphatic heterocycles. The first-order valence-corrected chi connectivity index (χ1v) is 12.0. The SMILES string of the molecule is Cc1cccc(OCC(=O)N(CCCN2CCOCC2)c2nc3c(C)c(C)ccc3s2)c1. The first kappa shape index (κ1) is 22.7. The highest BCUT2D eigenvalue weighted by molar-refractivity contribution is 7.22. The van der Waals surface area contributed by atoms with Crippen LogP contribution in [0.25, 0.3) is 10.2 Å². The molecule has 1 aliphatic rings. The van der Waals surface area contributed by atoms with Crippen molar-refractivity contribution in [3.63, 3.8) is 0 Å². The number of rotatable bonds is 8. The third-order valence-corrected chi connectivity index (χ3v) is 6.96. The Hall–Kier alpha value is -2.48. The molecule has 0 spiro atoms. The number of carbonyl (C=O) groups is 1. The van der Waals surface area contributed by atoms with Crippen molar-refractivity contribution >= 4 is 32.6 Å². The van der Waals surface area contributed by atoms with E-state index in [-0.39, 0.29) is 12.5 Å². The van der Waals surface area contributed by atoms with Crippen molar-refractivity contribution in [2.75, 3.05) is 50.9 Å². The summed E-state index contributed by atoms with van der Waals surface area (Å²) < 4.78 is 12.4. The molecule has 3 aromatic rings. The second kappa shape index (κ2) is 10.4. The average molecular weight is 454 g/mol. The van der Waals surface area contributed by atoms with Crippen LogP contribution in [0.2, 0.25) is 0 Å². The number of nitrogens with zero attached hydrogens (tertiary/aromatic N) is 3. The second-order valence-electron chi connectivity index (χ2n) is 8.31. The number of amides is 1. The predicted octanol–water partition coefficient (Wildman–Crippen LogP) is 4.36. The van der Waals surface area contributed by atoms with Crippen molar-refractivity contribution in [1.82, 2.24) is 9.88 Å². The van der Waals surface area contributed by atoms with Gasteiger partial charge in [-0.25, -0.2) is 4.98 Å². The minimum Gasteiger partial charge on any atom is -0.484 e. The molecule has 2 aromatic carbocycles. The Labute approximate surface area is 193 Å². The largest absolute Gasteiger partial charge is 0.484 e. The quantitative estimate of drug-likeness (QED) is 0.507. The van der Waals surface area contributed by atoms with Crippen molar-refractivity contribution < 1.29 is 14.3 Å². The summed E-state index contributed by atoms with van der Waals surface area (Å²) in [6, 6.07) is 12.0. The smallest absolute Gasteiger partial charge is 0.266 e. The summed E-state index contributed by atoms with van der Waals surface area (Å²) in [5, 5.41) is 0.744. The van der Waals surface area contributed by atoms with Crippen LogP contribution >= 0.6 is 11.3 Å².